The van der Waals surface area contributed by atoms with Crippen molar-refractivity contribution < 1.29 is 8.78 Å². The standard InChI is InChI=1S/C13H13F2NS/c14-11-5-1-4-10(13(11)15)12(16)7-6-9-3-2-8-17-9/h1-5,8,12H,6-7,16H2. The summed E-state index contributed by atoms with van der Waals surface area (Å²) in [6, 6.07) is 7.64. The molecule has 1 nitrogen and oxygen atoms in total. The molecule has 0 bridgehead atoms. The highest BCUT2D eigenvalue weighted by atomic mass is 32.1. The van der Waals surface area contributed by atoms with Crippen LogP contribution < -0.4 is 5.73 Å². The lowest BCUT2D eigenvalue weighted by Gasteiger charge is -2.12. The highest BCUT2D eigenvalue weighted by molar-refractivity contribution is 7.09. The van der Waals surface area contributed by atoms with E-state index in [1.165, 1.54) is 17.0 Å². The van der Waals surface area contributed by atoms with Crippen LogP contribution >= 0.6 is 11.3 Å². The molecule has 17 heavy (non-hydrogen) atoms. The van der Waals surface area contributed by atoms with Gasteiger partial charge in [-0.25, -0.2) is 8.78 Å². The van der Waals surface area contributed by atoms with Gasteiger partial charge in [-0.3, -0.25) is 0 Å². The third-order valence-electron chi connectivity index (χ3n) is 2.66. The highest BCUT2D eigenvalue weighted by Gasteiger charge is 2.14. The van der Waals surface area contributed by atoms with Crippen LogP contribution in [-0.4, -0.2) is 0 Å². The molecule has 2 aromatic rings. The maximum Gasteiger partial charge on any atom is 0.163 e. The predicted molar refractivity (Wildman–Crippen MR) is 65.9 cm³/mol. The first-order chi connectivity index (χ1) is 8.18. The molecular formula is C13H13F2NS. The van der Waals surface area contributed by atoms with Crippen LogP contribution in [0.5, 0.6) is 0 Å². The van der Waals surface area contributed by atoms with Gasteiger partial charge in [0.25, 0.3) is 0 Å². The van der Waals surface area contributed by atoms with Crippen molar-refractivity contribution in [1.82, 2.24) is 0 Å². The SMILES string of the molecule is NC(CCc1cccs1)c1cccc(F)c1F. The quantitative estimate of drug-likeness (QED) is 0.884. The number of rotatable bonds is 4. The highest BCUT2D eigenvalue weighted by Crippen LogP contribution is 2.22. The van der Waals surface area contributed by atoms with Crippen LogP contribution in [-0.2, 0) is 6.42 Å². The van der Waals surface area contributed by atoms with Gasteiger partial charge in [0, 0.05) is 16.5 Å². The lowest BCUT2D eigenvalue weighted by atomic mass is 10.0. The number of nitrogens with two attached hydrogens (primary N) is 1. The molecular weight excluding hydrogens is 240 g/mol. The molecule has 1 aromatic heterocycles. The van der Waals surface area contributed by atoms with E-state index >= 15 is 0 Å². The summed E-state index contributed by atoms with van der Waals surface area (Å²) in [5.41, 5.74) is 6.13. The van der Waals surface area contributed by atoms with E-state index in [1.807, 2.05) is 17.5 Å². The lowest BCUT2D eigenvalue weighted by molar-refractivity contribution is 0.483. The second kappa shape index (κ2) is 5.38. The van der Waals surface area contributed by atoms with Gasteiger partial charge in [-0.2, -0.15) is 0 Å². The molecule has 1 aromatic carbocycles. The Hall–Kier alpha value is -1.26. The van der Waals surface area contributed by atoms with E-state index in [1.54, 1.807) is 11.3 Å². The molecule has 0 amide bonds. The van der Waals surface area contributed by atoms with Gasteiger partial charge in [0.2, 0.25) is 0 Å². The maximum atomic E-state index is 13.5. The van der Waals surface area contributed by atoms with Crippen LogP contribution in [0.3, 0.4) is 0 Å². The second-order valence-electron chi connectivity index (χ2n) is 3.87. The van der Waals surface area contributed by atoms with Crippen molar-refractivity contribution in [3.05, 3.63) is 57.8 Å². The molecule has 0 saturated heterocycles. The Morgan fingerprint density at radius 1 is 1.18 bits per heavy atom. The van der Waals surface area contributed by atoms with Crippen LogP contribution in [0.25, 0.3) is 0 Å². The molecule has 90 valence electrons. The van der Waals surface area contributed by atoms with Crippen LogP contribution in [0.1, 0.15) is 22.9 Å². The first-order valence-corrected chi connectivity index (χ1v) is 6.28. The van der Waals surface area contributed by atoms with Crippen LogP contribution in [0, 0.1) is 11.6 Å². The Balaban J connectivity index is 2.04. The number of benzene rings is 1. The van der Waals surface area contributed by atoms with Crippen LogP contribution in [0.4, 0.5) is 8.78 Å². The number of aryl methyl sites for hydroxylation is 1. The van der Waals surface area contributed by atoms with Gasteiger partial charge >= 0.3 is 0 Å². The summed E-state index contributed by atoms with van der Waals surface area (Å²) in [5, 5.41) is 1.99. The largest absolute Gasteiger partial charge is 0.324 e. The number of halogens is 2. The minimum Gasteiger partial charge on any atom is -0.324 e. The van der Waals surface area contributed by atoms with Crippen molar-refractivity contribution in [1.29, 1.82) is 0 Å². The van der Waals surface area contributed by atoms with E-state index in [-0.39, 0.29) is 5.56 Å². The van der Waals surface area contributed by atoms with Crippen molar-refractivity contribution in [3.8, 4) is 0 Å². The molecule has 0 aliphatic heterocycles. The van der Waals surface area contributed by atoms with Gasteiger partial charge < -0.3 is 5.73 Å². The molecule has 0 aliphatic carbocycles. The van der Waals surface area contributed by atoms with Crippen molar-refractivity contribution in [3.63, 3.8) is 0 Å². The van der Waals surface area contributed by atoms with Crippen molar-refractivity contribution in [2.24, 2.45) is 5.73 Å². The number of thiophene rings is 1. The first-order valence-electron chi connectivity index (χ1n) is 5.40. The van der Waals surface area contributed by atoms with Gasteiger partial charge in [-0.15, -0.1) is 11.3 Å². The summed E-state index contributed by atoms with van der Waals surface area (Å²) >= 11 is 1.64. The van der Waals surface area contributed by atoms with E-state index in [4.69, 9.17) is 5.73 Å². The normalized spacial score (nSPS) is 12.6. The fourth-order valence-corrected chi connectivity index (χ4v) is 2.44. The lowest BCUT2D eigenvalue weighted by Crippen LogP contribution is -2.13. The van der Waals surface area contributed by atoms with Gasteiger partial charge in [0.1, 0.15) is 0 Å². The van der Waals surface area contributed by atoms with Gasteiger partial charge in [-0.05, 0) is 30.4 Å². The topological polar surface area (TPSA) is 26.0 Å². The second-order valence-corrected chi connectivity index (χ2v) is 4.90. The molecule has 0 spiro atoms. The molecule has 0 radical (unpaired) electrons. The first kappa shape index (κ1) is 12.2. The third kappa shape index (κ3) is 2.90. The summed E-state index contributed by atoms with van der Waals surface area (Å²) in [5.74, 6) is -1.67. The van der Waals surface area contributed by atoms with Crippen molar-refractivity contribution >= 4 is 11.3 Å². The molecule has 0 fully saturated rings. The van der Waals surface area contributed by atoms with Crippen molar-refractivity contribution in [2.45, 2.75) is 18.9 Å². The molecule has 2 N–H and O–H groups in total. The predicted octanol–water partition coefficient (Wildman–Crippen LogP) is 3.66. The number of hydrogen-bond donors (Lipinski definition) is 1. The zero-order valence-electron chi connectivity index (χ0n) is 9.20. The molecule has 2 rings (SSSR count). The number of hydrogen-bond acceptors (Lipinski definition) is 2. The van der Waals surface area contributed by atoms with E-state index < -0.39 is 17.7 Å². The van der Waals surface area contributed by atoms with E-state index in [9.17, 15) is 8.78 Å². The molecule has 1 unspecified atom stereocenters. The summed E-state index contributed by atoms with van der Waals surface area (Å²) in [6.07, 6.45) is 1.40. The summed E-state index contributed by atoms with van der Waals surface area (Å²) in [4.78, 5) is 1.21. The minimum atomic E-state index is -0.839. The Kier molecular flexibility index (Phi) is 3.86. The van der Waals surface area contributed by atoms with E-state index in [2.05, 4.69) is 0 Å². The fourth-order valence-electron chi connectivity index (χ4n) is 1.71. The fraction of sp³-hybridized carbons (Fsp3) is 0.231. The summed E-state index contributed by atoms with van der Waals surface area (Å²) < 4.78 is 26.5. The summed E-state index contributed by atoms with van der Waals surface area (Å²) in [6.45, 7) is 0. The zero-order valence-corrected chi connectivity index (χ0v) is 10.0. The smallest absolute Gasteiger partial charge is 0.163 e. The molecule has 1 heterocycles. The maximum absolute atomic E-state index is 13.5. The molecule has 0 aliphatic rings. The van der Waals surface area contributed by atoms with Crippen LogP contribution in [0.2, 0.25) is 0 Å². The summed E-state index contributed by atoms with van der Waals surface area (Å²) in [7, 11) is 0. The zero-order chi connectivity index (χ0) is 12.3. The Bertz CT molecular complexity index is 482. The third-order valence-corrected chi connectivity index (χ3v) is 3.60. The Morgan fingerprint density at radius 2 is 2.00 bits per heavy atom. The van der Waals surface area contributed by atoms with E-state index in [0.717, 1.165) is 12.5 Å². The van der Waals surface area contributed by atoms with Gasteiger partial charge in [0.05, 0.1) is 0 Å². The minimum absolute atomic E-state index is 0.251. The Labute approximate surface area is 103 Å². The van der Waals surface area contributed by atoms with Gasteiger partial charge in [0.15, 0.2) is 11.6 Å². The van der Waals surface area contributed by atoms with E-state index in [0.29, 0.717) is 6.42 Å². The molecule has 1 atom stereocenters. The molecule has 0 saturated carbocycles. The van der Waals surface area contributed by atoms with Gasteiger partial charge in [-0.1, -0.05) is 18.2 Å². The Morgan fingerprint density at radius 3 is 2.71 bits per heavy atom. The average molecular weight is 253 g/mol. The molecule has 4 heteroatoms. The van der Waals surface area contributed by atoms with Crippen LogP contribution in [0.15, 0.2) is 35.7 Å². The van der Waals surface area contributed by atoms with Crippen molar-refractivity contribution in [2.75, 3.05) is 0 Å². The average Bonchev–Trinajstić information content (AvgIpc) is 2.82. The monoisotopic (exact) mass is 253 g/mol.